The van der Waals surface area contributed by atoms with E-state index in [4.69, 9.17) is 0 Å². The lowest BCUT2D eigenvalue weighted by molar-refractivity contribution is -0.449. The number of carbonyl (C=O) groups is 1. The van der Waals surface area contributed by atoms with Crippen molar-refractivity contribution in [3.8, 4) is 0 Å². The average Bonchev–Trinajstić information content (AvgIpc) is 2.91. The summed E-state index contributed by atoms with van der Waals surface area (Å²) in [4.78, 5) is 12.0. The number of halogens is 15. The molecule has 0 radical (unpaired) electrons. The average molecular weight is 654 g/mol. The first kappa shape index (κ1) is 37.0. The molecule has 0 bridgehead atoms. The fourth-order valence-corrected chi connectivity index (χ4v) is 4.98. The molecule has 1 aromatic carbocycles. The highest BCUT2D eigenvalue weighted by molar-refractivity contribution is 6.02. The second kappa shape index (κ2) is 12.7. The number of aryl methyl sites for hydroxylation is 1. The molecule has 0 N–H and O–H groups in total. The van der Waals surface area contributed by atoms with Crippen LogP contribution in [0.4, 0.5) is 65.9 Å². The van der Waals surface area contributed by atoms with E-state index >= 15 is 0 Å². The Labute approximate surface area is 237 Å². The molecule has 0 spiro atoms. The molecule has 1 nitrogen and oxygen atoms in total. The Balaban J connectivity index is 2.17. The van der Waals surface area contributed by atoms with Gasteiger partial charge >= 0.3 is 41.7 Å². The Morgan fingerprint density at radius 3 is 1.47 bits per heavy atom. The molecule has 1 aliphatic carbocycles. The number of Topliss-reactive ketones (excluding diaryl/α,β-unsaturated/α-hetero) is 1. The first-order chi connectivity index (χ1) is 19.4. The molecular formula is C27H29F15O. The summed E-state index contributed by atoms with van der Waals surface area (Å²) >= 11 is 0. The quantitative estimate of drug-likeness (QED) is 0.111. The van der Waals surface area contributed by atoms with Crippen LogP contribution < -0.4 is 0 Å². The van der Waals surface area contributed by atoms with Gasteiger partial charge in [-0.2, -0.15) is 65.9 Å². The number of ketones is 1. The second-order valence-corrected chi connectivity index (χ2v) is 10.9. The predicted octanol–water partition coefficient (Wildman–Crippen LogP) is 10.6. The minimum Gasteiger partial charge on any atom is -0.287 e. The van der Waals surface area contributed by atoms with E-state index in [-0.39, 0.29) is 0 Å². The Bertz CT molecular complexity index is 1070. The molecule has 0 atom stereocenters. The zero-order valence-corrected chi connectivity index (χ0v) is 22.6. The molecular weight excluding hydrogens is 625 g/mol. The van der Waals surface area contributed by atoms with E-state index < -0.39 is 53.1 Å². The molecule has 0 amide bonds. The van der Waals surface area contributed by atoms with Gasteiger partial charge in [-0.15, -0.1) is 0 Å². The van der Waals surface area contributed by atoms with Gasteiger partial charge in [-0.05, 0) is 30.2 Å². The van der Waals surface area contributed by atoms with Crippen LogP contribution in [0.15, 0.2) is 24.3 Å². The van der Waals surface area contributed by atoms with Crippen molar-refractivity contribution in [2.75, 3.05) is 0 Å². The fraction of sp³-hybridized carbons (Fsp3) is 0.741. The van der Waals surface area contributed by atoms with Gasteiger partial charge in [0.15, 0.2) is 0 Å². The summed E-state index contributed by atoms with van der Waals surface area (Å²) in [5.41, 5.74) is -1.07. The summed E-state index contributed by atoms with van der Waals surface area (Å²) in [5.74, 6) is -50.3. The molecule has 1 aromatic rings. The van der Waals surface area contributed by atoms with Crippen LogP contribution >= 0.6 is 0 Å². The van der Waals surface area contributed by atoms with Crippen molar-refractivity contribution < 1.29 is 70.7 Å². The molecule has 248 valence electrons. The molecule has 0 aliphatic heterocycles. The molecule has 1 aliphatic rings. The zero-order valence-electron chi connectivity index (χ0n) is 22.6. The fourth-order valence-electron chi connectivity index (χ4n) is 4.98. The monoisotopic (exact) mass is 654 g/mol. The molecule has 0 saturated heterocycles. The lowest BCUT2D eigenvalue weighted by Crippen LogP contribution is -2.73. The van der Waals surface area contributed by atoms with Crippen molar-refractivity contribution in [3.63, 3.8) is 0 Å². The van der Waals surface area contributed by atoms with Crippen LogP contribution in [0.2, 0.25) is 0 Å². The van der Waals surface area contributed by atoms with Crippen LogP contribution in [0.3, 0.4) is 0 Å². The maximum atomic E-state index is 14.3. The van der Waals surface area contributed by atoms with Crippen molar-refractivity contribution >= 4 is 5.78 Å². The molecule has 0 unspecified atom stereocenters. The van der Waals surface area contributed by atoms with Crippen LogP contribution in [-0.4, -0.2) is 47.5 Å². The predicted molar refractivity (Wildman–Crippen MR) is 124 cm³/mol. The molecule has 1 saturated carbocycles. The highest BCUT2D eigenvalue weighted by Crippen LogP contribution is 2.62. The lowest BCUT2D eigenvalue weighted by Gasteiger charge is -2.41. The number of rotatable bonds is 14. The normalized spacial score (nSPS) is 19.9. The Morgan fingerprint density at radius 2 is 1.02 bits per heavy atom. The van der Waals surface area contributed by atoms with Crippen LogP contribution in [-0.2, 0) is 6.42 Å². The molecule has 16 heteroatoms. The lowest BCUT2D eigenvalue weighted by atomic mass is 9.78. The Hall–Kier alpha value is -2.16. The van der Waals surface area contributed by atoms with Crippen LogP contribution in [0.5, 0.6) is 0 Å². The van der Waals surface area contributed by atoms with Crippen molar-refractivity contribution in [2.24, 2.45) is 11.8 Å². The van der Waals surface area contributed by atoms with Gasteiger partial charge in [0.25, 0.3) is 0 Å². The SMILES string of the molecule is CCCCC[C@H]1CC[C@H](CCc2ccc(C(=O)C(F)(F)C(F)(F)C(F)(F)C(F)(F)C(F)(F)C(F)(F)C(F)(F)F)cc2)CC1. The van der Waals surface area contributed by atoms with Crippen LogP contribution in [0.25, 0.3) is 0 Å². The summed E-state index contributed by atoms with van der Waals surface area (Å²) in [7, 11) is 0. The summed E-state index contributed by atoms with van der Waals surface area (Å²) in [6.07, 6.45) is 1.71. The molecule has 1 fully saturated rings. The van der Waals surface area contributed by atoms with Crippen LogP contribution in [0.1, 0.15) is 80.6 Å². The molecule has 2 rings (SSSR count). The first-order valence-corrected chi connectivity index (χ1v) is 13.4. The minimum atomic E-state index is -8.43. The Morgan fingerprint density at radius 1 is 0.605 bits per heavy atom. The number of hydrogen-bond donors (Lipinski definition) is 0. The van der Waals surface area contributed by atoms with Gasteiger partial charge in [0.1, 0.15) is 0 Å². The molecule has 0 heterocycles. The van der Waals surface area contributed by atoms with Crippen LogP contribution in [0, 0.1) is 11.8 Å². The summed E-state index contributed by atoms with van der Waals surface area (Å²) in [6, 6.07) is 2.86. The topological polar surface area (TPSA) is 17.1 Å². The van der Waals surface area contributed by atoms with E-state index in [1.807, 2.05) is 0 Å². The van der Waals surface area contributed by atoms with E-state index in [1.165, 1.54) is 0 Å². The number of benzene rings is 1. The third-order valence-corrected chi connectivity index (χ3v) is 7.85. The van der Waals surface area contributed by atoms with E-state index in [2.05, 4.69) is 6.92 Å². The van der Waals surface area contributed by atoms with E-state index in [0.29, 0.717) is 42.4 Å². The summed E-state index contributed by atoms with van der Waals surface area (Å²) in [6.45, 7) is 2.10. The van der Waals surface area contributed by atoms with Crippen molar-refractivity contribution in [1.29, 1.82) is 0 Å². The number of carbonyl (C=O) groups excluding carboxylic acids is 1. The highest BCUT2D eigenvalue weighted by Gasteiger charge is 2.93. The number of unbranched alkanes of at least 4 members (excludes halogenated alkanes) is 2. The van der Waals surface area contributed by atoms with Gasteiger partial charge in [0.05, 0.1) is 0 Å². The van der Waals surface area contributed by atoms with E-state index in [1.54, 1.807) is 0 Å². The van der Waals surface area contributed by atoms with E-state index in [9.17, 15) is 70.7 Å². The maximum absolute atomic E-state index is 14.3. The molecule has 43 heavy (non-hydrogen) atoms. The highest BCUT2D eigenvalue weighted by atomic mass is 19.4. The number of hydrogen-bond acceptors (Lipinski definition) is 1. The number of alkyl halides is 15. The standard InChI is InChI=1S/C27H29F15O/c1-2-3-4-5-16-6-8-17(9-7-16)10-11-18-12-14-19(15-13-18)20(43)21(28,29)22(30,31)23(32,33)24(34,35)25(36,37)26(38,39)27(40,41)42/h12-17H,2-11H2,1H3/t16-,17-. The zero-order chi connectivity index (χ0) is 33.3. The third kappa shape index (κ3) is 6.76. The molecule has 0 aromatic heterocycles. The van der Waals surface area contributed by atoms with Gasteiger partial charge in [-0.1, -0.05) is 82.6 Å². The Kier molecular flexibility index (Phi) is 10.9. The summed E-state index contributed by atoms with van der Waals surface area (Å²) < 4.78 is 201. The first-order valence-electron chi connectivity index (χ1n) is 13.4. The van der Waals surface area contributed by atoms with Crippen molar-refractivity contribution in [3.05, 3.63) is 35.4 Å². The van der Waals surface area contributed by atoms with Gasteiger partial charge in [0.2, 0.25) is 5.78 Å². The third-order valence-electron chi connectivity index (χ3n) is 7.85. The summed E-state index contributed by atoms with van der Waals surface area (Å²) in [5, 5.41) is 0. The van der Waals surface area contributed by atoms with E-state index in [0.717, 1.165) is 63.5 Å². The minimum absolute atomic E-state index is 0.318. The van der Waals surface area contributed by atoms with Gasteiger partial charge in [-0.3, -0.25) is 4.79 Å². The maximum Gasteiger partial charge on any atom is 0.460 e. The second-order valence-electron chi connectivity index (χ2n) is 10.9. The van der Waals surface area contributed by atoms with Crippen molar-refractivity contribution in [2.45, 2.75) is 113 Å². The van der Waals surface area contributed by atoms with Gasteiger partial charge < -0.3 is 0 Å². The van der Waals surface area contributed by atoms with Crippen molar-refractivity contribution in [1.82, 2.24) is 0 Å². The van der Waals surface area contributed by atoms with Gasteiger partial charge in [-0.25, -0.2) is 0 Å². The smallest absolute Gasteiger partial charge is 0.287 e. The largest absolute Gasteiger partial charge is 0.460 e. The van der Waals surface area contributed by atoms with Gasteiger partial charge in [0, 0.05) is 5.56 Å².